The van der Waals surface area contributed by atoms with E-state index in [2.05, 4.69) is 13.8 Å². The van der Waals surface area contributed by atoms with E-state index in [0.717, 1.165) is 12.5 Å². The Morgan fingerprint density at radius 2 is 2.11 bits per heavy atom. The molecule has 1 aliphatic rings. The van der Waals surface area contributed by atoms with Gasteiger partial charge in [-0.25, -0.2) is 0 Å². The molecule has 0 bridgehead atoms. The first-order valence-corrected chi connectivity index (χ1v) is 3.89. The molecule has 54 valence electrons. The summed E-state index contributed by atoms with van der Waals surface area (Å²) in [6, 6.07) is 0. The maximum atomic E-state index is 5.57. The maximum absolute atomic E-state index is 5.57. The van der Waals surface area contributed by atoms with Crippen LogP contribution in [0.4, 0.5) is 0 Å². The Bertz CT molecular complexity index is 94.7. The van der Waals surface area contributed by atoms with Gasteiger partial charge < -0.3 is 5.73 Å². The predicted octanol–water partition coefficient (Wildman–Crippen LogP) is 1.77. The third-order valence-corrected chi connectivity index (χ3v) is 3.04. The van der Waals surface area contributed by atoms with Gasteiger partial charge >= 0.3 is 0 Å². The summed E-state index contributed by atoms with van der Waals surface area (Å²) in [5.41, 5.74) is 6.17. The van der Waals surface area contributed by atoms with E-state index < -0.39 is 0 Å². The van der Waals surface area contributed by atoms with Crippen LogP contribution < -0.4 is 5.73 Å². The van der Waals surface area contributed by atoms with Crippen LogP contribution in [0.1, 0.15) is 33.1 Å². The third-order valence-electron chi connectivity index (χ3n) is 3.04. The van der Waals surface area contributed by atoms with E-state index in [9.17, 15) is 0 Å². The summed E-state index contributed by atoms with van der Waals surface area (Å²) in [7, 11) is 0. The van der Waals surface area contributed by atoms with Crippen molar-refractivity contribution in [1.82, 2.24) is 0 Å². The van der Waals surface area contributed by atoms with Crippen LogP contribution in [0.3, 0.4) is 0 Å². The van der Waals surface area contributed by atoms with Crippen molar-refractivity contribution in [1.29, 1.82) is 0 Å². The van der Waals surface area contributed by atoms with Gasteiger partial charge in [-0.2, -0.15) is 0 Å². The van der Waals surface area contributed by atoms with Gasteiger partial charge in [0.2, 0.25) is 0 Å². The molecule has 1 aliphatic carbocycles. The van der Waals surface area contributed by atoms with Crippen LogP contribution in [-0.2, 0) is 0 Å². The third kappa shape index (κ3) is 1.11. The van der Waals surface area contributed by atoms with Crippen LogP contribution in [0.25, 0.3) is 0 Å². The molecule has 0 aliphatic heterocycles. The molecule has 2 N–H and O–H groups in total. The van der Waals surface area contributed by atoms with Gasteiger partial charge in [0.15, 0.2) is 0 Å². The molecule has 0 heterocycles. The first-order valence-electron chi connectivity index (χ1n) is 3.89. The fraction of sp³-hybridized carbons (Fsp3) is 1.00. The summed E-state index contributed by atoms with van der Waals surface area (Å²) in [5.74, 6) is 0.728. The molecule has 0 aromatic rings. The summed E-state index contributed by atoms with van der Waals surface area (Å²) in [6.45, 7) is 5.48. The zero-order chi connectivity index (χ0) is 6.91. The Morgan fingerprint density at radius 1 is 1.56 bits per heavy atom. The van der Waals surface area contributed by atoms with Crippen molar-refractivity contribution in [3.8, 4) is 0 Å². The normalized spacial score (nSPS) is 27.0. The molecule has 1 heteroatoms. The first-order chi connectivity index (χ1) is 4.19. The average Bonchev–Trinajstić information content (AvgIpc) is 1.81. The lowest BCUT2D eigenvalue weighted by molar-refractivity contribution is 0.0873. The van der Waals surface area contributed by atoms with Gasteiger partial charge in [-0.05, 0) is 30.7 Å². The summed E-state index contributed by atoms with van der Waals surface area (Å²) in [5, 5.41) is 0. The highest BCUT2D eigenvalue weighted by Crippen LogP contribution is 2.45. The number of hydrogen-bond acceptors (Lipinski definition) is 1. The molecule has 1 saturated carbocycles. The van der Waals surface area contributed by atoms with Crippen molar-refractivity contribution in [2.24, 2.45) is 17.1 Å². The van der Waals surface area contributed by atoms with Gasteiger partial charge in [-0.3, -0.25) is 0 Å². The Labute approximate surface area is 57.6 Å². The van der Waals surface area contributed by atoms with E-state index in [0.29, 0.717) is 5.41 Å². The van der Waals surface area contributed by atoms with E-state index >= 15 is 0 Å². The van der Waals surface area contributed by atoms with Crippen LogP contribution in [0.15, 0.2) is 0 Å². The maximum Gasteiger partial charge on any atom is -0.00463 e. The smallest absolute Gasteiger partial charge is 0.00463 e. The zero-order valence-corrected chi connectivity index (χ0v) is 6.48. The van der Waals surface area contributed by atoms with Gasteiger partial charge in [-0.1, -0.05) is 20.3 Å². The Morgan fingerprint density at radius 3 is 2.22 bits per heavy atom. The molecule has 0 radical (unpaired) electrons. The zero-order valence-electron chi connectivity index (χ0n) is 6.48. The van der Waals surface area contributed by atoms with Gasteiger partial charge in [-0.15, -0.1) is 0 Å². The summed E-state index contributed by atoms with van der Waals surface area (Å²) < 4.78 is 0. The van der Waals surface area contributed by atoms with Crippen molar-refractivity contribution < 1.29 is 0 Å². The lowest BCUT2D eigenvalue weighted by Crippen LogP contribution is -2.36. The summed E-state index contributed by atoms with van der Waals surface area (Å²) >= 11 is 0. The average molecular weight is 127 g/mol. The van der Waals surface area contributed by atoms with Gasteiger partial charge in [0, 0.05) is 0 Å². The standard InChI is InChI=1S/C8H17N/c1-7(6-9)8(2)4-3-5-8/h7H,3-6,9H2,1-2H3. The second-order valence-corrected chi connectivity index (χ2v) is 3.64. The Balaban J connectivity index is 2.38. The van der Waals surface area contributed by atoms with Gasteiger partial charge in [0.25, 0.3) is 0 Å². The molecule has 0 spiro atoms. The van der Waals surface area contributed by atoms with E-state index in [1.807, 2.05) is 0 Å². The van der Waals surface area contributed by atoms with E-state index in [1.165, 1.54) is 19.3 Å². The van der Waals surface area contributed by atoms with Crippen LogP contribution in [0, 0.1) is 11.3 Å². The van der Waals surface area contributed by atoms with Gasteiger partial charge in [0.1, 0.15) is 0 Å². The van der Waals surface area contributed by atoms with Gasteiger partial charge in [0.05, 0.1) is 0 Å². The SMILES string of the molecule is CC(CN)C1(C)CCC1. The molecular formula is C8H17N. The molecule has 0 aromatic carbocycles. The molecule has 1 unspecified atom stereocenters. The van der Waals surface area contributed by atoms with Crippen LogP contribution in [0.5, 0.6) is 0 Å². The number of rotatable bonds is 2. The first kappa shape index (κ1) is 7.07. The highest BCUT2D eigenvalue weighted by molar-refractivity contribution is 4.87. The lowest BCUT2D eigenvalue weighted by atomic mass is 9.63. The molecule has 1 fully saturated rings. The topological polar surface area (TPSA) is 26.0 Å². The fourth-order valence-electron chi connectivity index (χ4n) is 1.51. The fourth-order valence-corrected chi connectivity index (χ4v) is 1.51. The molecule has 1 rings (SSSR count). The minimum absolute atomic E-state index is 0.606. The minimum Gasteiger partial charge on any atom is -0.330 e. The largest absolute Gasteiger partial charge is 0.330 e. The van der Waals surface area contributed by atoms with E-state index in [4.69, 9.17) is 5.73 Å². The van der Waals surface area contributed by atoms with Crippen molar-refractivity contribution in [2.45, 2.75) is 33.1 Å². The highest BCUT2D eigenvalue weighted by Gasteiger charge is 2.35. The second-order valence-electron chi connectivity index (χ2n) is 3.64. The van der Waals surface area contributed by atoms with Crippen LogP contribution in [-0.4, -0.2) is 6.54 Å². The summed E-state index contributed by atoms with van der Waals surface area (Å²) in [4.78, 5) is 0. The molecular weight excluding hydrogens is 110 g/mol. The molecule has 0 aromatic heterocycles. The molecule has 0 saturated heterocycles. The van der Waals surface area contributed by atoms with Crippen molar-refractivity contribution >= 4 is 0 Å². The van der Waals surface area contributed by atoms with Crippen LogP contribution in [0.2, 0.25) is 0 Å². The Hall–Kier alpha value is -0.0400. The summed E-state index contributed by atoms with van der Waals surface area (Å²) in [6.07, 6.45) is 4.21. The predicted molar refractivity (Wildman–Crippen MR) is 40.2 cm³/mol. The van der Waals surface area contributed by atoms with Crippen LogP contribution >= 0.6 is 0 Å². The molecule has 0 amide bonds. The van der Waals surface area contributed by atoms with Crippen molar-refractivity contribution in [3.05, 3.63) is 0 Å². The van der Waals surface area contributed by atoms with E-state index in [1.54, 1.807) is 0 Å². The quantitative estimate of drug-likeness (QED) is 0.601. The highest BCUT2D eigenvalue weighted by atomic mass is 14.6. The lowest BCUT2D eigenvalue weighted by Gasteiger charge is -2.43. The van der Waals surface area contributed by atoms with Crippen molar-refractivity contribution in [2.75, 3.05) is 6.54 Å². The Kier molecular flexibility index (Phi) is 1.80. The number of nitrogens with two attached hydrogens (primary N) is 1. The minimum atomic E-state index is 0.606. The molecule has 1 nitrogen and oxygen atoms in total. The number of hydrogen-bond donors (Lipinski definition) is 1. The second kappa shape index (κ2) is 2.30. The molecule has 1 atom stereocenters. The monoisotopic (exact) mass is 127 g/mol. The van der Waals surface area contributed by atoms with Crippen molar-refractivity contribution in [3.63, 3.8) is 0 Å². The van der Waals surface area contributed by atoms with E-state index in [-0.39, 0.29) is 0 Å². The molecule has 9 heavy (non-hydrogen) atoms.